The van der Waals surface area contributed by atoms with Crippen molar-refractivity contribution in [2.75, 3.05) is 0 Å². The Hall–Kier alpha value is -2.04. The molecule has 1 aromatic rings. The van der Waals surface area contributed by atoms with E-state index < -0.39 is 12.0 Å². The van der Waals surface area contributed by atoms with Gasteiger partial charge in [0.1, 0.15) is 11.8 Å². The lowest BCUT2D eigenvalue weighted by molar-refractivity contribution is -0.142. The summed E-state index contributed by atoms with van der Waals surface area (Å²) in [6.45, 7) is 3.81. The quantitative estimate of drug-likeness (QED) is 0.712. The molecule has 0 spiro atoms. The molecule has 5 heteroatoms. The predicted molar refractivity (Wildman–Crippen MR) is 75.4 cm³/mol. The normalized spacial score (nSPS) is 12.2. The molecule has 0 bridgehead atoms. The van der Waals surface area contributed by atoms with Gasteiger partial charge in [-0.15, -0.1) is 0 Å². The molecule has 0 fully saturated rings. The van der Waals surface area contributed by atoms with Crippen LogP contribution in [-0.2, 0) is 16.0 Å². The number of carbonyl (C=O) groups is 2. The van der Waals surface area contributed by atoms with Gasteiger partial charge in [-0.2, -0.15) is 0 Å². The summed E-state index contributed by atoms with van der Waals surface area (Å²) in [5.41, 5.74) is 0.679. The van der Waals surface area contributed by atoms with E-state index in [1.807, 2.05) is 13.8 Å². The second-order valence-corrected chi connectivity index (χ2v) is 5.22. The highest BCUT2D eigenvalue weighted by Gasteiger charge is 2.20. The number of carbonyl (C=O) groups excluding carboxylic acids is 1. The number of amides is 1. The van der Waals surface area contributed by atoms with Gasteiger partial charge in [0.15, 0.2) is 0 Å². The van der Waals surface area contributed by atoms with Crippen molar-refractivity contribution < 1.29 is 19.8 Å². The van der Waals surface area contributed by atoms with Gasteiger partial charge in [-0.1, -0.05) is 32.0 Å². The Labute approximate surface area is 118 Å². The molecule has 0 unspecified atom stereocenters. The Bertz CT molecular complexity index is 471. The van der Waals surface area contributed by atoms with E-state index in [4.69, 9.17) is 5.11 Å². The summed E-state index contributed by atoms with van der Waals surface area (Å²) in [7, 11) is 0. The van der Waals surface area contributed by atoms with E-state index in [1.54, 1.807) is 24.3 Å². The number of aryl methyl sites for hydroxylation is 1. The maximum Gasteiger partial charge on any atom is 0.326 e. The van der Waals surface area contributed by atoms with Crippen molar-refractivity contribution in [1.82, 2.24) is 5.32 Å². The minimum Gasteiger partial charge on any atom is -0.508 e. The van der Waals surface area contributed by atoms with Crippen molar-refractivity contribution in [1.29, 1.82) is 0 Å². The lowest BCUT2D eigenvalue weighted by Crippen LogP contribution is -2.41. The Balaban J connectivity index is 2.50. The molecule has 0 aromatic heterocycles. The summed E-state index contributed by atoms with van der Waals surface area (Å²) in [6.07, 6.45) is 0.934. The first-order valence-corrected chi connectivity index (χ1v) is 6.69. The molecule has 110 valence electrons. The van der Waals surface area contributed by atoms with Gasteiger partial charge in [0.25, 0.3) is 0 Å². The van der Waals surface area contributed by atoms with Crippen molar-refractivity contribution in [2.45, 2.75) is 39.2 Å². The zero-order chi connectivity index (χ0) is 15.1. The summed E-state index contributed by atoms with van der Waals surface area (Å²) in [5, 5.41) is 21.1. The van der Waals surface area contributed by atoms with Gasteiger partial charge in [0, 0.05) is 6.42 Å². The fraction of sp³-hybridized carbons (Fsp3) is 0.467. The van der Waals surface area contributed by atoms with Crippen LogP contribution in [0.15, 0.2) is 24.3 Å². The van der Waals surface area contributed by atoms with Crippen molar-refractivity contribution in [3.05, 3.63) is 29.8 Å². The highest BCUT2D eigenvalue weighted by molar-refractivity contribution is 5.83. The maximum atomic E-state index is 11.8. The fourth-order valence-corrected chi connectivity index (χ4v) is 1.93. The van der Waals surface area contributed by atoms with Crippen molar-refractivity contribution in [2.24, 2.45) is 5.92 Å². The lowest BCUT2D eigenvalue weighted by Gasteiger charge is -2.16. The first-order chi connectivity index (χ1) is 9.40. The molecule has 0 heterocycles. The zero-order valence-corrected chi connectivity index (χ0v) is 11.8. The van der Waals surface area contributed by atoms with Gasteiger partial charge in [0.2, 0.25) is 5.91 Å². The third-order valence-electron chi connectivity index (χ3n) is 2.95. The van der Waals surface area contributed by atoms with Gasteiger partial charge in [0.05, 0.1) is 0 Å². The third-order valence-corrected chi connectivity index (χ3v) is 2.95. The van der Waals surface area contributed by atoms with Crippen LogP contribution in [0.4, 0.5) is 0 Å². The second-order valence-electron chi connectivity index (χ2n) is 5.22. The van der Waals surface area contributed by atoms with Crippen LogP contribution in [-0.4, -0.2) is 28.1 Å². The summed E-state index contributed by atoms with van der Waals surface area (Å²) >= 11 is 0. The number of hydrogen-bond acceptors (Lipinski definition) is 3. The molecule has 20 heavy (non-hydrogen) atoms. The van der Waals surface area contributed by atoms with Crippen molar-refractivity contribution in [3.63, 3.8) is 0 Å². The lowest BCUT2D eigenvalue weighted by atomic mass is 10.0. The Kier molecular flexibility index (Phi) is 6.03. The summed E-state index contributed by atoms with van der Waals surface area (Å²) < 4.78 is 0. The van der Waals surface area contributed by atoms with Crippen LogP contribution in [0.3, 0.4) is 0 Å². The Morgan fingerprint density at radius 3 is 2.45 bits per heavy atom. The monoisotopic (exact) mass is 279 g/mol. The number of nitrogens with one attached hydrogen (secondary N) is 1. The second kappa shape index (κ2) is 7.53. The van der Waals surface area contributed by atoms with Crippen LogP contribution in [0.1, 0.15) is 32.3 Å². The average molecular weight is 279 g/mol. The Morgan fingerprint density at radius 1 is 1.25 bits per heavy atom. The number of phenolic OH excluding ortho intramolecular Hbond substituents is 1. The van der Waals surface area contributed by atoms with E-state index in [0.717, 1.165) is 0 Å². The molecular formula is C15H21NO4. The molecule has 1 atom stereocenters. The van der Waals surface area contributed by atoms with E-state index in [-0.39, 0.29) is 24.0 Å². The van der Waals surface area contributed by atoms with Gasteiger partial charge in [-0.3, -0.25) is 4.79 Å². The molecule has 0 radical (unpaired) electrons. The van der Waals surface area contributed by atoms with Crippen molar-refractivity contribution >= 4 is 11.9 Å². The third kappa shape index (κ3) is 5.30. The number of benzene rings is 1. The molecule has 0 aliphatic heterocycles. The zero-order valence-electron chi connectivity index (χ0n) is 11.8. The number of carboxylic acid groups (broad SMARTS) is 1. The summed E-state index contributed by atoms with van der Waals surface area (Å²) in [6, 6.07) is 5.94. The van der Waals surface area contributed by atoms with E-state index in [9.17, 15) is 14.7 Å². The van der Waals surface area contributed by atoms with Crippen molar-refractivity contribution in [3.8, 4) is 5.75 Å². The molecule has 0 saturated heterocycles. The van der Waals surface area contributed by atoms with Crippen LogP contribution < -0.4 is 5.32 Å². The molecule has 0 aliphatic carbocycles. The van der Waals surface area contributed by atoms with Crippen LogP contribution in [0.25, 0.3) is 0 Å². The molecule has 1 amide bonds. The minimum absolute atomic E-state index is 0.150. The van der Waals surface area contributed by atoms with Gasteiger partial charge in [-0.05, 0) is 30.4 Å². The van der Waals surface area contributed by atoms with E-state index in [2.05, 4.69) is 5.32 Å². The van der Waals surface area contributed by atoms with E-state index in [0.29, 0.717) is 18.4 Å². The van der Waals surface area contributed by atoms with Crippen LogP contribution in [0.2, 0.25) is 0 Å². The van der Waals surface area contributed by atoms with Gasteiger partial charge in [-0.25, -0.2) is 4.79 Å². The largest absolute Gasteiger partial charge is 0.508 e. The minimum atomic E-state index is -1.02. The predicted octanol–water partition coefficient (Wildman–Crippen LogP) is 1.94. The molecule has 0 saturated carbocycles. The highest BCUT2D eigenvalue weighted by Crippen LogP contribution is 2.17. The number of phenols is 1. The van der Waals surface area contributed by atoms with Gasteiger partial charge >= 0.3 is 5.97 Å². The van der Waals surface area contributed by atoms with E-state index >= 15 is 0 Å². The van der Waals surface area contributed by atoms with Gasteiger partial charge < -0.3 is 15.5 Å². The molecule has 1 aromatic carbocycles. The number of aromatic hydroxyl groups is 1. The number of rotatable bonds is 7. The fourth-order valence-electron chi connectivity index (χ4n) is 1.93. The Morgan fingerprint density at radius 2 is 1.90 bits per heavy atom. The summed E-state index contributed by atoms with van der Waals surface area (Å²) in [4.78, 5) is 22.8. The first-order valence-electron chi connectivity index (χ1n) is 6.69. The number of hydrogen-bond donors (Lipinski definition) is 3. The topological polar surface area (TPSA) is 86.6 Å². The smallest absolute Gasteiger partial charge is 0.326 e. The van der Waals surface area contributed by atoms with Crippen LogP contribution >= 0.6 is 0 Å². The molecule has 1 rings (SSSR count). The first kappa shape index (κ1) is 16.0. The van der Waals surface area contributed by atoms with E-state index in [1.165, 1.54) is 0 Å². The molecular weight excluding hydrogens is 258 g/mol. The highest BCUT2D eigenvalue weighted by atomic mass is 16.4. The molecule has 5 nitrogen and oxygen atoms in total. The molecule has 0 aliphatic rings. The SMILES string of the molecule is CC(C)C[C@@H](NC(=O)CCc1ccccc1O)C(=O)O. The molecule has 3 N–H and O–H groups in total. The van der Waals surface area contributed by atoms with Crippen LogP contribution in [0.5, 0.6) is 5.75 Å². The van der Waals surface area contributed by atoms with Crippen LogP contribution in [0, 0.1) is 5.92 Å². The maximum absolute atomic E-state index is 11.8. The summed E-state index contributed by atoms with van der Waals surface area (Å²) in [5.74, 6) is -0.997. The standard InChI is InChI=1S/C15H21NO4/c1-10(2)9-12(15(19)20)16-14(18)8-7-11-5-3-4-6-13(11)17/h3-6,10,12,17H,7-9H2,1-2H3,(H,16,18)(H,19,20)/t12-/m1/s1. The number of aliphatic carboxylic acids is 1. The number of carboxylic acids is 1. The average Bonchev–Trinajstić information content (AvgIpc) is 2.36. The number of para-hydroxylation sites is 1.